The van der Waals surface area contributed by atoms with Crippen molar-refractivity contribution in [1.82, 2.24) is 15.0 Å². The third-order valence-electron chi connectivity index (χ3n) is 6.39. The third kappa shape index (κ3) is 9.72. The predicted octanol–water partition coefficient (Wildman–Crippen LogP) is 3.23. The molecule has 0 fully saturated rings. The first-order chi connectivity index (χ1) is 23.7. The maximum absolute atomic E-state index is 12.2. The highest BCUT2D eigenvalue weighted by molar-refractivity contribution is 7.94. The molecule has 272 valence electrons. The second-order valence-corrected chi connectivity index (χ2v) is 16.4. The lowest BCUT2D eigenvalue weighted by atomic mass is 10.1. The molecule has 0 bridgehead atoms. The molecule has 0 atom stereocenters. The van der Waals surface area contributed by atoms with E-state index in [0.29, 0.717) is 18.1 Å². The summed E-state index contributed by atoms with van der Waals surface area (Å²) < 4.78 is 148. The molecule has 1 heterocycles. The largest absolute Gasteiger partial charge is 0.424 e. The smallest absolute Gasteiger partial charge is 0.330 e. The Balaban J connectivity index is 1.55. The van der Waals surface area contributed by atoms with Crippen molar-refractivity contribution in [3.63, 3.8) is 0 Å². The van der Waals surface area contributed by atoms with Crippen LogP contribution >= 0.6 is 12.0 Å². The molecule has 21 nitrogen and oxygen atoms in total. The molecular weight excluding hydrogens is 789 g/mol. The molecule has 4 aromatic carbocycles. The van der Waals surface area contributed by atoms with Gasteiger partial charge in [0, 0.05) is 22.2 Å². The standard InChI is InChI=1S/C25H20N4O17S5/c30-45-46-47-17-7-13-1-3-15(9-19(13)21(11-17)50(37,38)39)43-24-27-23(26-5-6-48(31,32)33)28-25(29-24)44-16-4-2-14-8-18(49(34,35)36)12-22(20(14)10-16)51(40,41)42/h1-4,7-12,30H,5-6H2,(H,31,32,33)(H,34,35,36)(H,37,38,39)(H,40,41,42)(H,26,27,28,29). The maximum Gasteiger partial charge on any atom is 0.330 e. The molecule has 0 saturated carbocycles. The van der Waals surface area contributed by atoms with Gasteiger partial charge in [0.2, 0.25) is 5.95 Å². The number of aromatic nitrogens is 3. The maximum atomic E-state index is 12.2. The third-order valence-corrected chi connectivity index (χ3v) is 10.3. The van der Waals surface area contributed by atoms with E-state index >= 15 is 0 Å². The fourth-order valence-electron chi connectivity index (χ4n) is 4.37. The van der Waals surface area contributed by atoms with Crippen LogP contribution in [0.3, 0.4) is 0 Å². The average Bonchev–Trinajstić information content (AvgIpc) is 3.01. The summed E-state index contributed by atoms with van der Waals surface area (Å²) >= 11 is 0.431. The van der Waals surface area contributed by atoms with Gasteiger partial charge in [-0.15, -0.1) is 9.32 Å². The minimum absolute atomic E-state index is 0.0516. The second-order valence-electron chi connectivity index (χ2n) is 9.90. The molecule has 0 amide bonds. The molecule has 5 rings (SSSR count). The van der Waals surface area contributed by atoms with Gasteiger partial charge >= 0.3 is 12.0 Å². The molecule has 0 aliphatic rings. The van der Waals surface area contributed by atoms with Crippen LogP contribution in [0.4, 0.5) is 5.95 Å². The lowest BCUT2D eigenvalue weighted by Gasteiger charge is -2.12. The Morgan fingerprint density at radius 2 is 1.18 bits per heavy atom. The first-order valence-corrected chi connectivity index (χ1v) is 19.9. The van der Waals surface area contributed by atoms with E-state index in [2.05, 4.69) is 29.6 Å². The highest BCUT2D eigenvalue weighted by Gasteiger charge is 2.22. The van der Waals surface area contributed by atoms with Gasteiger partial charge in [0.15, 0.2) is 0 Å². The lowest BCUT2D eigenvalue weighted by Crippen LogP contribution is -2.16. The van der Waals surface area contributed by atoms with Gasteiger partial charge in [-0.25, -0.2) is 5.26 Å². The number of benzene rings is 4. The summed E-state index contributed by atoms with van der Waals surface area (Å²) in [6.07, 6.45) is 0. The van der Waals surface area contributed by atoms with Crippen molar-refractivity contribution in [2.75, 3.05) is 17.6 Å². The SMILES string of the molecule is O=S(=O)(O)CCNc1nc(Oc2ccc3cc(SOOO)cc(S(=O)(=O)O)c3c2)nc(Oc2ccc3cc(S(=O)(=O)O)cc(S(=O)(=O)O)c3c2)n1. The van der Waals surface area contributed by atoms with Crippen molar-refractivity contribution in [2.45, 2.75) is 19.6 Å². The summed E-state index contributed by atoms with van der Waals surface area (Å²) in [5, 5.41) is 14.3. The van der Waals surface area contributed by atoms with Gasteiger partial charge in [0.05, 0.1) is 22.7 Å². The summed E-state index contributed by atoms with van der Waals surface area (Å²) in [7, 11) is -19.2. The van der Waals surface area contributed by atoms with E-state index in [0.717, 1.165) is 18.2 Å². The van der Waals surface area contributed by atoms with Crippen LogP contribution in [-0.2, 0) is 49.8 Å². The van der Waals surface area contributed by atoms with Crippen LogP contribution in [0.1, 0.15) is 0 Å². The zero-order valence-electron chi connectivity index (χ0n) is 24.7. The molecule has 26 heteroatoms. The molecule has 1 aromatic heterocycles. The summed E-state index contributed by atoms with van der Waals surface area (Å²) in [4.78, 5) is 9.75. The molecule has 0 radical (unpaired) electrons. The highest BCUT2D eigenvalue weighted by atomic mass is 32.2. The molecule has 0 unspecified atom stereocenters. The van der Waals surface area contributed by atoms with Gasteiger partial charge in [-0.3, -0.25) is 18.2 Å². The van der Waals surface area contributed by atoms with Crippen molar-refractivity contribution in [1.29, 1.82) is 0 Å². The first-order valence-electron chi connectivity index (χ1n) is 13.2. The van der Waals surface area contributed by atoms with Crippen LogP contribution in [0.15, 0.2) is 80.2 Å². The highest BCUT2D eigenvalue weighted by Crippen LogP contribution is 2.35. The fraction of sp³-hybridized carbons (Fsp3) is 0.0800. The summed E-state index contributed by atoms with van der Waals surface area (Å²) in [6.45, 7) is -0.426. The van der Waals surface area contributed by atoms with Crippen molar-refractivity contribution in [2.24, 2.45) is 0 Å². The Morgan fingerprint density at radius 3 is 1.67 bits per heavy atom. The number of hydrogen-bond acceptors (Lipinski definition) is 18. The molecule has 0 aliphatic heterocycles. The van der Waals surface area contributed by atoms with Crippen LogP contribution in [0, 0.1) is 0 Å². The van der Waals surface area contributed by atoms with Gasteiger partial charge in [-0.2, -0.15) is 43.6 Å². The number of fused-ring (bicyclic) bond motifs is 2. The van der Waals surface area contributed by atoms with Crippen LogP contribution in [0.2, 0.25) is 0 Å². The van der Waals surface area contributed by atoms with Gasteiger partial charge in [0.1, 0.15) is 21.3 Å². The Hall–Kier alpha value is -4.32. The van der Waals surface area contributed by atoms with Gasteiger partial charge < -0.3 is 14.8 Å². The average molecular weight is 809 g/mol. The minimum atomic E-state index is -5.06. The molecule has 0 saturated heterocycles. The zero-order valence-corrected chi connectivity index (χ0v) is 28.8. The number of rotatable bonds is 14. The normalized spacial score (nSPS) is 12.6. The number of ether oxygens (including phenoxy) is 2. The van der Waals surface area contributed by atoms with E-state index in [1.54, 1.807) is 0 Å². The molecular formula is C25H20N4O17S5. The van der Waals surface area contributed by atoms with E-state index in [9.17, 15) is 47.3 Å². The number of hydrogen-bond donors (Lipinski definition) is 6. The van der Waals surface area contributed by atoms with Crippen LogP contribution in [0.25, 0.3) is 21.5 Å². The Bertz CT molecular complexity index is 2620. The number of anilines is 1. The molecule has 6 N–H and O–H groups in total. The minimum Gasteiger partial charge on any atom is -0.424 e. The van der Waals surface area contributed by atoms with E-state index in [1.807, 2.05) is 0 Å². The van der Waals surface area contributed by atoms with Gasteiger partial charge in [-0.1, -0.05) is 17.2 Å². The van der Waals surface area contributed by atoms with E-state index < -0.39 is 79.5 Å². The molecule has 5 aromatic rings. The van der Waals surface area contributed by atoms with Gasteiger partial charge in [-0.05, 0) is 59.3 Å². The van der Waals surface area contributed by atoms with Crippen LogP contribution in [0.5, 0.6) is 23.5 Å². The molecule has 0 spiro atoms. The Kier molecular flexibility index (Phi) is 10.7. The Labute approximate surface area is 291 Å². The quantitative estimate of drug-likeness (QED) is 0.0406. The molecule has 0 aliphatic carbocycles. The fourth-order valence-corrected chi connectivity index (χ4v) is 7.33. The van der Waals surface area contributed by atoms with Crippen molar-refractivity contribution < 1.29 is 76.0 Å². The first kappa shape index (κ1) is 37.9. The number of nitrogens with one attached hydrogen (secondary N) is 1. The van der Waals surface area contributed by atoms with Crippen molar-refractivity contribution in [3.8, 4) is 23.5 Å². The predicted molar refractivity (Wildman–Crippen MR) is 173 cm³/mol. The van der Waals surface area contributed by atoms with Crippen LogP contribution in [-0.4, -0.2) is 84.4 Å². The summed E-state index contributed by atoms with van der Waals surface area (Å²) in [6, 6.07) is 10.1. The summed E-state index contributed by atoms with van der Waals surface area (Å²) in [5.41, 5.74) is 0. The van der Waals surface area contributed by atoms with Crippen molar-refractivity contribution in [3.05, 3.63) is 60.7 Å². The lowest BCUT2D eigenvalue weighted by molar-refractivity contribution is -0.432. The van der Waals surface area contributed by atoms with E-state index in [4.69, 9.17) is 19.3 Å². The van der Waals surface area contributed by atoms with E-state index in [-0.39, 0.29) is 43.9 Å². The van der Waals surface area contributed by atoms with Gasteiger partial charge in [0.25, 0.3) is 40.5 Å². The topological polar surface area (TPSA) is 325 Å². The summed E-state index contributed by atoms with van der Waals surface area (Å²) in [5.74, 6) is -1.45. The molecule has 51 heavy (non-hydrogen) atoms. The number of nitrogens with zero attached hydrogens (tertiary/aromatic N) is 3. The van der Waals surface area contributed by atoms with E-state index in [1.165, 1.54) is 36.4 Å². The Morgan fingerprint density at radius 1 is 0.647 bits per heavy atom. The zero-order chi connectivity index (χ0) is 37.4. The second kappa shape index (κ2) is 14.4. The van der Waals surface area contributed by atoms with Crippen LogP contribution < -0.4 is 14.8 Å². The van der Waals surface area contributed by atoms with Crippen molar-refractivity contribution >= 4 is 80.0 Å². The monoisotopic (exact) mass is 808 g/mol.